The molecule has 0 spiro atoms. The second kappa shape index (κ2) is 9.94. The van der Waals surface area contributed by atoms with Gasteiger partial charge in [0.2, 0.25) is 0 Å². The number of fused-ring (bicyclic) bond motifs is 1. The van der Waals surface area contributed by atoms with E-state index in [1.54, 1.807) is 40.4 Å². The molecule has 11 heteroatoms. The number of nitrogens with one attached hydrogen (secondary N) is 1. The van der Waals surface area contributed by atoms with E-state index in [9.17, 15) is 14.4 Å². The molecule has 0 radical (unpaired) electrons. The third kappa shape index (κ3) is 4.52. The maximum absolute atomic E-state index is 14.4. The fourth-order valence-corrected chi connectivity index (χ4v) is 4.29. The Hall–Kier alpha value is -4.61. The monoisotopic (exact) mass is 483 g/mol. The lowest BCUT2D eigenvalue weighted by Gasteiger charge is -2.35. The summed E-state index contributed by atoms with van der Waals surface area (Å²) in [6, 6.07) is 9.78. The molecule has 180 valence electrons. The first-order valence-corrected chi connectivity index (χ1v) is 11.5. The topological polar surface area (TPSA) is 131 Å². The van der Waals surface area contributed by atoms with Crippen LogP contribution in [-0.4, -0.2) is 73.2 Å². The van der Waals surface area contributed by atoms with Crippen LogP contribution in [0.1, 0.15) is 28.4 Å². The molecule has 1 aliphatic heterocycles. The van der Waals surface area contributed by atoms with Crippen LogP contribution in [0, 0.1) is 28.5 Å². The number of nitriles is 2. The van der Waals surface area contributed by atoms with E-state index < -0.39 is 17.8 Å². The Bertz CT molecular complexity index is 1490. The van der Waals surface area contributed by atoms with Crippen LogP contribution in [0.4, 0.5) is 4.39 Å². The number of carbonyl (C=O) groups excluding carboxylic acids is 1. The maximum Gasteiger partial charge on any atom is 0.256 e. The summed E-state index contributed by atoms with van der Waals surface area (Å²) in [7, 11) is 0. The summed E-state index contributed by atoms with van der Waals surface area (Å²) in [5.74, 6) is -0.658. The highest BCUT2D eigenvalue weighted by Gasteiger charge is 2.25. The smallest absolute Gasteiger partial charge is 0.256 e. The third-order valence-electron chi connectivity index (χ3n) is 6.36. The molecule has 4 heterocycles. The number of H-pyrrole nitrogens is 1. The minimum Gasteiger partial charge on any atom is -0.346 e. The zero-order valence-electron chi connectivity index (χ0n) is 19.3. The molecule has 0 saturated carbocycles. The molecule has 1 N–H and O–H groups in total. The Morgan fingerprint density at radius 3 is 2.78 bits per heavy atom. The van der Waals surface area contributed by atoms with E-state index in [1.807, 2.05) is 6.07 Å². The molecule has 1 aromatic carbocycles. The summed E-state index contributed by atoms with van der Waals surface area (Å²) in [4.78, 5) is 28.5. The van der Waals surface area contributed by atoms with Gasteiger partial charge in [0.15, 0.2) is 11.6 Å². The zero-order valence-corrected chi connectivity index (χ0v) is 19.3. The molecule has 1 amide bonds. The predicted molar refractivity (Wildman–Crippen MR) is 128 cm³/mol. The second-order valence-electron chi connectivity index (χ2n) is 8.53. The number of hydrogen-bond acceptors (Lipinski definition) is 7. The van der Waals surface area contributed by atoms with Gasteiger partial charge in [-0.25, -0.2) is 14.4 Å². The van der Waals surface area contributed by atoms with Gasteiger partial charge in [-0.15, -0.1) is 0 Å². The normalized spacial score (nSPS) is 14.9. The summed E-state index contributed by atoms with van der Waals surface area (Å²) in [5.41, 5.74) is 1.25. The minimum atomic E-state index is -0.777. The number of carbonyl (C=O) groups is 1. The van der Waals surface area contributed by atoms with Crippen molar-refractivity contribution in [3.05, 3.63) is 66.0 Å². The molecular formula is C25H22FN9O. The number of nitrogens with zero attached hydrogens (tertiary/aromatic N) is 8. The Balaban J connectivity index is 1.17. The van der Waals surface area contributed by atoms with Gasteiger partial charge in [0.1, 0.15) is 17.8 Å². The number of piperazine rings is 1. The molecule has 10 nitrogen and oxygen atoms in total. The lowest BCUT2D eigenvalue weighted by Crippen LogP contribution is -2.49. The summed E-state index contributed by atoms with van der Waals surface area (Å²) in [5, 5.41) is 24.0. The van der Waals surface area contributed by atoms with Gasteiger partial charge < -0.3 is 9.88 Å². The molecule has 1 saturated heterocycles. The second-order valence-corrected chi connectivity index (χ2v) is 8.53. The standard InChI is InChI=1S/C25H22FN9O/c26-22-17(12-27)2-1-3-21(22)25(36)34-10-8-33(9-11-34)7-5-20(13-28)35-16-19(15-31-35)24-30-14-18-4-6-29-23(18)32-24/h1-4,6,14-16,20H,5,7-11H2,(H,29,30,32)/t20-/m1/s1. The first-order chi connectivity index (χ1) is 17.6. The Labute approximate surface area is 206 Å². The molecule has 0 bridgehead atoms. The van der Waals surface area contributed by atoms with Gasteiger partial charge in [-0.3, -0.25) is 14.4 Å². The van der Waals surface area contributed by atoms with Crippen LogP contribution >= 0.6 is 0 Å². The molecule has 3 aromatic heterocycles. The van der Waals surface area contributed by atoms with Gasteiger partial charge in [-0.2, -0.15) is 15.6 Å². The van der Waals surface area contributed by atoms with E-state index in [2.05, 4.69) is 31.0 Å². The quantitative estimate of drug-likeness (QED) is 0.446. The van der Waals surface area contributed by atoms with Gasteiger partial charge in [0.05, 0.1) is 29.0 Å². The number of rotatable bonds is 6. The maximum atomic E-state index is 14.4. The predicted octanol–water partition coefficient (Wildman–Crippen LogP) is 2.74. The van der Waals surface area contributed by atoms with Crippen molar-refractivity contribution in [1.82, 2.24) is 34.5 Å². The fourth-order valence-electron chi connectivity index (χ4n) is 4.29. The fraction of sp³-hybridized carbons (Fsp3) is 0.280. The number of aromatic nitrogens is 5. The van der Waals surface area contributed by atoms with Crippen LogP contribution < -0.4 is 0 Å². The van der Waals surface area contributed by atoms with E-state index in [-0.39, 0.29) is 11.1 Å². The van der Waals surface area contributed by atoms with Crippen LogP contribution in [0.3, 0.4) is 0 Å². The van der Waals surface area contributed by atoms with E-state index >= 15 is 0 Å². The van der Waals surface area contributed by atoms with Crippen molar-refractivity contribution in [2.75, 3.05) is 32.7 Å². The molecule has 4 aromatic rings. The largest absolute Gasteiger partial charge is 0.346 e. The third-order valence-corrected chi connectivity index (χ3v) is 6.36. The number of hydrogen-bond donors (Lipinski definition) is 1. The van der Waals surface area contributed by atoms with Crippen molar-refractivity contribution in [2.45, 2.75) is 12.5 Å². The average Bonchev–Trinajstić information content (AvgIpc) is 3.59. The average molecular weight is 484 g/mol. The highest BCUT2D eigenvalue weighted by atomic mass is 19.1. The van der Waals surface area contributed by atoms with Crippen molar-refractivity contribution >= 4 is 16.9 Å². The highest BCUT2D eigenvalue weighted by Crippen LogP contribution is 2.21. The van der Waals surface area contributed by atoms with Crippen molar-refractivity contribution in [3.8, 4) is 23.5 Å². The van der Waals surface area contributed by atoms with Crippen LogP contribution in [0.5, 0.6) is 0 Å². The minimum absolute atomic E-state index is 0.0825. The van der Waals surface area contributed by atoms with E-state index in [1.165, 1.54) is 18.2 Å². The van der Waals surface area contributed by atoms with E-state index in [0.717, 1.165) is 16.6 Å². The van der Waals surface area contributed by atoms with Gasteiger partial charge in [0.25, 0.3) is 5.91 Å². The number of amides is 1. The van der Waals surface area contributed by atoms with Gasteiger partial charge in [-0.05, 0) is 24.6 Å². The first-order valence-electron chi connectivity index (χ1n) is 11.5. The van der Waals surface area contributed by atoms with Crippen molar-refractivity contribution in [2.24, 2.45) is 0 Å². The summed E-state index contributed by atoms with van der Waals surface area (Å²) in [6.07, 6.45) is 7.53. The number of halogens is 1. The molecule has 1 atom stereocenters. The Kier molecular flexibility index (Phi) is 6.39. The van der Waals surface area contributed by atoms with Crippen LogP contribution in [0.15, 0.2) is 49.1 Å². The van der Waals surface area contributed by atoms with E-state index in [4.69, 9.17) is 5.26 Å². The van der Waals surface area contributed by atoms with Crippen LogP contribution in [0.2, 0.25) is 0 Å². The lowest BCUT2D eigenvalue weighted by molar-refractivity contribution is 0.0628. The molecule has 0 unspecified atom stereocenters. The highest BCUT2D eigenvalue weighted by molar-refractivity contribution is 5.95. The molecule has 1 fully saturated rings. The first kappa shape index (κ1) is 23.1. The van der Waals surface area contributed by atoms with Crippen LogP contribution in [0.25, 0.3) is 22.4 Å². The van der Waals surface area contributed by atoms with E-state index in [0.29, 0.717) is 45.0 Å². The number of benzene rings is 1. The molecular weight excluding hydrogens is 461 g/mol. The summed E-state index contributed by atoms with van der Waals surface area (Å²) < 4.78 is 16.0. The SMILES string of the molecule is N#Cc1cccc(C(=O)N2CCN(CC[C@H](C#N)n3cc(-c4ncc5cc[nH]c5n4)cn3)CC2)c1F. The van der Waals surface area contributed by atoms with Crippen LogP contribution in [-0.2, 0) is 0 Å². The lowest BCUT2D eigenvalue weighted by atomic mass is 10.1. The molecule has 1 aliphatic rings. The molecule has 0 aliphatic carbocycles. The molecule has 5 rings (SSSR count). The Morgan fingerprint density at radius 2 is 2.00 bits per heavy atom. The Morgan fingerprint density at radius 1 is 1.17 bits per heavy atom. The van der Waals surface area contributed by atoms with Crippen molar-refractivity contribution < 1.29 is 9.18 Å². The van der Waals surface area contributed by atoms with Crippen molar-refractivity contribution in [3.63, 3.8) is 0 Å². The van der Waals surface area contributed by atoms with Crippen molar-refractivity contribution in [1.29, 1.82) is 10.5 Å². The van der Waals surface area contributed by atoms with Gasteiger partial charge >= 0.3 is 0 Å². The summed E-state index contributed by atoms with van der Waals surface area (Å²) in [6.45, 7) is 2.75. The molecule has 36 heavy (non-hydrogen) atoms. The van der Waals surface area contributed by atoms with Gasteiger partial charge in [0, 0.05) is 56.7 Å². The zero-order chi connectivity index (χ0) is 25.1. The summed E-state index contributed by atoms with van der Waals surface area (Å²) >= 11 is 0. The number of aromatic amines is 1. The van der Waals surface area contributed by atoms with Gasteiger partial charge in [-0.1, -0.05) is 6.07 Å².